The van der Waals surface area contributed by atoms with Gasteiger partial charge in [-0.25, -0.2) is 0 Å². The second-order valence-corrected chi connectivity index (χ2v) is 4.73. The van der Waals surface area contributed by atoms with Gasteiger partial charge >= 0.3 is 0 Å². The summed E-state index contributed by atoms with van der Waals surface area (Å²) in [6.07, 6.45) is 1.93. The van der Waals surface area contributed by atoms with E-state index in [1.165, 1.54) is 16.4 Å². The average molecular weight is 239 g/mol. The summed E-state index contributed by atoms with van der Waals surface area (Å²) in [5.41, 5.74) is 2.58. The summed E-state index contributed by atoms with van der Waals surface area (Å²) in [4.78, 5) is 0. The molecule has 1 heteroatoms. The topological polar surface area (TPSA) is 0 Å². The van der Waals surface area contributed by atoms with Crippen LogP contribution >= 0.6 is 11.8 Å². The summed E-state index contributed by atoms with van der Waals surface area (Å²) in [6, 6.07) is 20.9. The third kappa shape index (κ3) is 3.50. The molecule has 2 aromatic rings. The second kappa shape index (κ2) is 6.31. The quantitative estimate of drug-likeness (QED) is 0.729. The van der Waals surface area contributed by atoms with Crippen molar-refractivity contribution in [3.8, 4) is 0 Å². The van der Waals surface area contributed by atoms with Crippen LogP contribution in [-0.2, 0) is 5.75 Å². The fourth-order valence-electron chi connectivity index (χ4n) is 1.60. The third-order valence-electron chi connectivity index (χ3n) is 2.48. The summed E-state index contributed by atoms with van der Waals surface area (Å²) in [7, 11) is 0. The van der Waals surface area contributed by atoms with Crippen molar-refractivity contribution in [2.75, 3.05) is 0 Å². The van der Waals surface area contributed by atoms with Crippen LogP contribution in [0.3, 0.4) is 0 Å². The van der Waals surface area contributed by atoms with E-state index in [4.69, 9.17) is 0 Å². The number of benzene rings is 2. The molecule has 0 heterocycles. The van der Waals surface area contributed by atoms with E-state index in [-0.39, 0.29) is 0 Å². The molecule has 0 aromatic heterocycles. The molecule has 0 saturated carbocycles. The lowest BCUT2D eigenvalue weighted by molar-refractivity contribution is 1.40. The Labute approximate surface area is 107 Å². The van der Waals surface area contributed by atoms with Crippen molar-refractivity contribution in [1.82, 2.24) is 0 Å². The highest BCUT2D eigenvalue weighted by atomic mass is 32.2. The molecule has 0 atom stereocenters. The number of thioether (sulfide) groups is 1. The van der Waals surface area contributed by atoms with Crippen LogP contribution in [0.25, 0.3) is 0 Å². The van der Waals surface area contributed by atoms with Gasteiger partial charge in [-0.15, -0.1) is 18.3 Å². The van der Waals surface area contributed by atoms with E-state index in [0.29, 0.717) is 0 Å². The van der Waals surface area contributed by atoms with Crippen LogP contribution in [0.15, 0.2) is 73.3 Å². The molecule has 0 aliphatic heterocycles. The maximum absolute atomic E-state index is 3.89. The van der Waals surface area contributed by atoms with Crippen molar-refractivity contribution in [3.05, 3.63) is 89.7 Å². The van der Waals surface area contributed by atoms with E-state index >= 15 is 0 Å². The predicted octanol–water partition coefficient (Wildman–Crippen LogP) is 4.69. The third-order valence-corrected chi connectivity index (χ3v) is 3.67. The van der Waals surface area contributed by atoms with Gasteiger partial charge in [0.25, 0.3) is 0 Å². The minimum atomic E-state index is 0.983. The fraction of sp³-hybridized carbons (Fsp3) is 0.0625. The molecule has 0 aliphatic carbocycles. The number of rotatable bonds is 5. The molecule has 2 aromatic carbocycles. The highest BCUT2D eigenvalue weighted by Crippen LogP contribution is 2.31. The summed E-state index contributed by atoms with van der Waals surface area (Å²) < 4.78 is 0. The van der Waals surface area contributed by atoms with E-state index in [1.54, 1.807) is 0 Å². The lowest BCUT2D eigenvalue weighted by Gasteiger charge is -2.11. The van der Waals surface area contributed by atoms with Crippen LogP contribution in [0.4, 0.5) is 0 Å². The molecular weight excluding hydrogens is 224 g/mol. The van der Waals surface area contributed by atoms with Gasteiger partial charge in [0.2, 0.25) is 0 Å². The molecule has 1 radical (unpaired) electrons. The van der Waals surface area contributed by atoms with Crippen LogP contribution in [0.2, 0.25) is 0 Å². The molecule has 0 saturated heterocycles. The Hall–Kier alpha value is -1.47. The molecule has 85 valence electrons. The number of hydrogen-bond donors (Lipinski definition) is 0. The molecule has 0 spiro atoms. The van der Waals surface area contributed by atoms with Gasteiger partial charge in [0.15, 0.2) is 0 Å². The van der Waals surface area contributed by atoms with Crippen molar-refractivity contribution in [2.45, 2.75) is 5.75 Å². The SMILES string of the molecule is C=C[C](SCc1ccccc1)c1ccccc1. The summed E-state index contributed by atoms with van der Waals surface area (Å²) in [5.74, 6) is 0.983. The van der Waals surface area contributed by atoms with E-state index in [0.717, 1.165) is 5.75 Å². The fourth-order valence-corrected chi connectivity index (χ4v) is 2.53. The first-order chi connectivity index (χ1) is 8.40. The maximum atomic E-state index is 3.89. The van der Waals surface area contributed by atoms with E-state index in [1.807, 2.05) is 30.0 Å². The highest BCUT2D eigenvalue weighted by molar-refractivity contribution is 8.01. The molecule has 17 heavy (non-hydrogen) atoms. The predicted molar refractivity (Wildman–Crippen MR) is 76.7 cm³/mol. The Kier molecular flexibility index (Phi) is 4.45. The molecule has 0 unspecified atom stereocenters. The first kappa shape index (κ1) is 12.0. The zero-order chi connectivity index (χ0) is 11.9. The molecule has 0 N–H and O–H groups in total. The van der Waals surface area contributed by atoms with Gasteiger partial charge in [0, 0.05) is 5.75 Å². The van der Waals surface area contributed by atoms with Crippen molar-refractivity contribution >= 4 is 11.8 Å². The van der Waals surface area contributed by atoms with Gasteiger partial charge < -0.3 is 0 Å². The molecule has 0 nitrogen and oxygen atoms in total. The van der Waals surface area contributed by atoms with Crippen molar-refractivity contribution in [3.63, 3.8) is 0 Å². The summed E-state index contributed by atoms with van der Waals surface area (Å²) >= 11 is 1.83. The Morgan fingerprint density at radius 1 is 0.941 bits per heavy atom. The van der Waals surface area contributed by atoms with Crippen LogP contribution in [0, 0.1) is 5.25 Å². The van der Waals surface area contributed by atoms with E-state index in [2.05, 4.69) is 55.1 Å². The summed E-state index contributed by atoms with van der Waals surface area (Å²) in [6.45, 7) is 3.89. The minimum absolute atomic E-state index is 0.983. The summed E-state index contributed by atoms with van der Waals surface area (Å²) in [5, 5.41) is 1.23. The first-order valence-electron chi connectivity index (χ1n) is 5.61. The molecule has 2 rings (SSSR count). The average Bonchev–Trinajstić information content (AvgIpc) is 2.42. The van der Waals surface area contributed by atoms with Crippen LogP contribution < -0.4 is 0 Å². The van der Waals surface area contributed by atoms with Gasteiger partial charge in [-0.1, -0.05) is 66.7 Å². The highest BCUT2D eigenvalue weighted by Gasteiger charge is 2.08. The van der Waals surface area contributed by atoms with Gasteiger partial charge in [0.05, 0.1) is 5.25 Å². The molecular formula is C16H15S. The lowest BCUT2D eigenvalue weighted by atomic mass is 10.1. The Balaban J connectivity index is 2.00. The normalized spacial score (nSPS) is 10.4. The molecule has 0 amide bonds. The van der Waals surface area contributed by atoms with Crippen LogP contribution in [0.5, 0.6) is 0 Å². The smallest absolute Gasteiger partial charge is 0.0811 e. The van der Waals surface area contributed by atoms with E-state index in [9.17, 15) is 0 Å². The van der Waals surface area contributed by atoms with Gasteiger partial charge in [-0.2, -0.15) is 0 Å². The first-order valence-corrected chi connectivity index (χ1v) is 6.60. The Bertz CT molecular complexity index is 447. The monoisotopic (exact) mass is 239 g/mol. The van der Waals surface area contributed by atoms with E-state index < -0.39 is 0 Å². The van der Waals surface area contributed by atoms with Crippen molar-refractivity contribution in [2.24, 2.45) is 0 Å². The zero-order valence-corrected chi connectivity index (χ0v) is 10.5. The largest absolute Gasteiger partial charge is 0.139 e. The van der Waals surface area contributed by atoms with Crippen LogP contribution in [0.1, 0.15) is 11.1 Å². The number of hydrogen-bond acceptors (Lipinski definition) is 1. The minimum Gasteiger partial charge on any atom is -0.139 e. The van der Waals surface area contributed by atoms with Gasteiger partial charge in [-0.05, 0) is 11.1 Å². The molecule has 0 bridgehead atoms. The standard InChI is InChI=1S/C16H15S/c1-2-16(15-11-7-4-8-12-15)17-13-14-9-5-3-6-10-14/h2-12H,1,13H2. The van der Waals surface area contributed by atoms with Crippen molar-refractivity contribution < 1.29 is 0 Å². The Morgan fingerprint density at radius 2 is 1.53 bits per heavy atom. The molecule has 0 aliphatic rings. The van der Waals surface area contributed by atoms with Gasteiger partial charge in [-0.3, -0.25) is 0 Å². The van der Waals surface area contributed by atoms with Crippen LogP contribution in [-0.4, -0.2) is 0 Å². The molecule has 0 fully saturated rings. The second-order valence-electron chi connectivity index (χ2n) is 3.71. The maximum Gasteiger partial charge on any atom is 0.0811 e. The zero-order valence-electron chi connectivity index (χ0n) is 9.67. The van der Waals surface area contributed by atoms with Gasteiger partial charge in [0.1, 0.15) is 0 Å². The Morgan fingerprint density at radius 3 is 2.12 bits per heavy atom. The lowest BCUT2D eigenvalue weighted by Crippen LogP contribution is -1.91. The van der Waals surface area contributed by atoms with Crippen molar-refractivity contribution in [1.29, 1.82) is 0 Å².